The van der Waals surface area contributed by atoms with E-state index in [-0.39, 0.29) is 51.8 Å². The number of alkyl halides is 1. The minimum absolute atomic E-state index is 0. The largest absolute Gasteiger partial charge is 0.477 e. The number of benzene rings is 5. The predicted octanol–water partition coefficient (Wildman–Crippen LogP) is 18.9. The molecule has 31 heteroatoms. The molecule has 23 heterocycles. The summed E-state index contributed by atoms with van der Waals surface area (Å²) >= 11 is 1.96. The van der Waals surface area contributed by atoms with E-state index in [4.69, 9.17) is 20.4 Å². The first-order chi connectivity index (χ1) is 68.9. The lowest BCUT2D eigenvalue weighted by Crippen LogP contribution is -2.51. The number of para-hydroxylation sites is 5. The Morgan fingerprint density at radius 1 is 0.454 bits per heavy atom. The average Bonchev–Trinajstić information content (AvgIpc) is 1.54. The Bertz CT molecular complexity index is 7160. The van der Waals surface area contributed by atoms with Crippen LogP contribution in [-0.4, -0.2) is 199 Å². The monoisotopic (exact) mass is 2040 g/mol. The highest BCUT2D eigenvalue weighted by molar-refractivity contribution is 14.1. The maximum Gasteiger partial charge on any atom is 0.434 e. The maximum absolute atomic E-state index is 12.8. The average molecular weight is 2040 g/mol. The fourth-order valence-corrected chi connectivity index (χ4v) is 28.6. The smallest absolute Gasteiger partial charge is 0.434 e. The minimum Gasteiger partial charge on any atom is -0.477 e. The van der Waals surface area contributed by atoms with Crippen molar-refractivity contribution in [3.05, 3.63) is 249 Å². The molecule has 0 radical (unpaired) electrons. The van der Waals surface area contributed by atoms with Crippen LogP contribution in [0.25, 0.3) is 83.0 Å². The van der Waals surface area contributed by atoms with E-state index in [1.54, 1.807) is 0 Å². The Labute approximate surface area is 843 Å². The number of carboxylic acid groups (broad SMARTS) is 1. The molecular formula is C110H133ClIN19O10. The fraction of sp³-hybridized carbons (Fsp3) is 0.473. The van der Waals surface area contributed by atoms with E-state index in [9.17, 15) is 19.5 Å². The third-order valence-electron chi connectivity index (χ3n) is 34.5. The number of hydrazine groups is 1. The van der Waals surface area contributed by atoms with Crippen LogP contribution in [0.4, 0.5) is 0 Å². The number of piperidine rings is 5. The maximum atomic E-state index is 12.8. The molecule has 0 saturated carbocycles. The van der Waals surface area contributed by atoms with Gasteiger partial charge in [0.2, 0.25) is 12.3 Å². The van der Waals surface area contributed by atoms with Crippen LogP contribution in [0.5, 0.6) is 0 Å². The number of ketones is 1. The minimum atomic E-state index is -0.812. The van der Waals surface area contributed by atoms with Gasteiger partial charge in [-0.05, 0) is 255 Å². The van der Waals surface area contributed by atoms with Crippen LogP contribution in [0, 0.1) is 34.0 Å². The molecule has 0 bridgehead atoms. The second kappa shape index (κ2) is 39.5. The molecule has 15 aliphatic rings. The van der Waals surface area contributed by atoms with Gasteiger partial charge in [-0.1, -0.05) is 148 Å². The second-order valence-corrected chi connectivity index (χ2v) is 40.3. The van der Waals surface area contributed by atoms with E-state index in [0.29, 0.717) is 64.4 Å². The third-order valence-corrected chi connectivity index (χ3v) is 34.5. The van der Waals surface area contributed by atoms with Crippen LogP contribution in [0.15, 0.2) is 176 Å². The number of Topliss-reactive ketones (excluding diaryl/α,β-unsaturated/α-hetero) is 1. The molecule has 15 aliphatic heterocycles. The molecule has 8 N–H and O–H groups in total. The molecule has 0 unspecified atom stereocenters. The highest BCUT2D eigenvalue weighted by atomic mass is 127. The first kappa shape index (κ1) is 96.6. The zero-order valence-electron chi connectivity index (χ0n) is 83.5. The number of fused-ring (bicyclic) bond motifs is 15. The Balaban J connectivity index is 0.000000105. The van der Waals surface area contributed by atoms with Crippen molar-refractivity contribution < 1.29 is 43.5 Å². The molecule has 28 rings (SSSR count). The van der Waals surface area contributed by atoms with Gasteiger partial charge in [-0.15, -0.1) is 37.9 Å². The molecule has 0 aliphatic carbocycles. The van der Waals surface area contributed by atoms with E-state index < -0.39 is 18.2 Å². The number of carboxylic acids is 1. The molecule has 13 aromatic rings. The first-order valence-electron chi connectivity index (χ1n) is 51.4. The van der Waals surface area contributed by atoms with E-state index >= 15 is 0 Å². The number of hydrogen-bond acceptors (Lipinski definition) is 22. The summed E-state index contributed by atoms with van der Waals surface area (Å²) < 4.78 is 48.5. The number of ether oxygens (including phenoxy) is 3. The van der Waals surface area contributed by atoms with Crippen molar-refractivity contribution in [2.45, 2.75) is 207 Å². The van der Waals surface area contributed by atoms with E-state index in [1.165, 1.54) is 186 Å². The Morgan fingerprint density at radius 3 is 1.04 bits per heavy atom. The van der Waals surface area contributed by atoms with Gasteiger partial charge in [-0.3, -0.25) is 41.0 Å². The number of aromatic amines is 1. The van der Waals surface area contributed by atoms with Crippen LogP contribution < -0.4 is 23.2 Å². The molecule has 742 valence electrons. The summed E-state index contributed by atoms with van der Waals surface area (Å²) in [6, 6.07) is 45.0. The van der Waals surface area contributed by atoms with E-state index in [1.807, 2.05) is 40.1 Å². The number of nitrogens with zero attached hydrogens (tertiary/aromatic N) is 15. The summed E-state index contributed by atoms with van der Waals surface area (Å²) in [4.78, 5) is 50.4. The number of carbonyl (C=O) groups is 2. The van der Waals surface area contributed by atoms with Gasteiger partial charge >= 0.3 is 11.7 Å². The lowest BCUT2D eigenvalue weighted by Gasteiger charge is -2.53. The number of methoxy groups -OCH3 is 3. The topological polar surface area (TPSA) is 338 Å². The molecule has 10 atom stereocenters. The van der Waals surface area contributed by atoms with Crippen molar-refractivity contribution in [1.82, 2.24) is 77.9 Å². The van der Waals surface area contributed by atoms with Crippen molar-refractivity contribution in [2.75, 3.05) is 98.2 Å². The Kier molecular flexibility index (Phi) is 27.1. The molecule has 8 aromatic heterocycles. The van der Waals surface area contributed by atoms with Crippen molar-refractivity contribution in [2.24, 2.45) is 44.5 Å². The van der Waals surface area contributed by atoms with Gasteiger partial charge < -0.3 is 61.1 Å². The number of carbonyl (C=O) groups excluding carboxylic acids is 1. The second-order valence-electron chi connectivity index (χ2n) is 40.3. The van der Waals surface area contributed by atoms with Gasteiger partial charge in [0.05, 0.1) is 70.0 Å². The molecule has 0 amide bonds. The van der Waals surface area contributed by atoms with Crippen LogP contribution in [-0.2, 0) is 55.9 Å². The third kappa shape index (κ3) is 15.6. The Morgan fingerprint density at radius 2 is 0.759 bits per heavy atom. The lowest BCUT2D eigenvalue weighted by molar-refractivity contribution is -0.252. The van der Waals surface area contributed by atoms with Crippen molar-refractivity contribution >= 4 is 130 Å². The van der Waals surface area contributed by atoms with E-state index in [0.717, 1.165) is 170 Å². The predicted molar refractivity (Wildman–Crippen MR) is 561 cm³/mol. The highest BCUT2D eigenvalue weighted by Crippen LogP contribution is 2.64. The molecule has 5 fully saturated rings. The first-order valence-corrected chi connectivity index (χ1v) is 52.2. The van der Waals surface area contributed by atoms with E-state index in [2.05, 4.69) is 280 Å². The van der Waals surface area contributed by atoms with Crippen LogP contribution >= 0.6 is 35.0 Å². The van der Waals surface area contributed by atoms with Gasteiger partial charge in [0.1, 0.15) is 22.8 Å². The lowest BCUT2D eigenvalue weighted by atomic mass is 9.66. The molecular weight excluding hydrogens is 1910 g/mol. The number of hydrogen-bond donors (Lipinski definition) is 5. The molecule has 5 aromatic carbocycles. The van der Waals surface area contributed by atoms with Gasteiger partial charge in [0.15, 0.2) is 5.78 Å². The summed E-state index contributed by atoms with van der Waals surface area (Å²) in [5, 5.41) is 39.9. The number of nitrogens with one attached hydrogen (secondary N) is 1. The summed E-state index contributed by atoms with van der Waals surface area (Å²) in [5.74, 6) is 9.01. The Hall–Kier alpha value is -10.6. The quantitative estimate of drug-likeness (QED) is 0.0222. The molecule has 29 nitrogen and oxygen atoms in total. The normalized spacial score (nSPS) is 25.8. The van der Waals surface area contributed by atoms with Gasteiger partial charge in [-0.2, -0.15) is 0 Å². The van der Waals surface area contributed by atoms with Crippen molar-refractivity contribution in [3.8, 4) is 0 Å². The standard InChI is InChI=1S/C22H24N4O.C21H22N4O2.C21H22N4O.C21H25N3O.C20H22N2O2.C4H10O3.CH3I.ClH.H4N2/c1-3-22-10-6-11-25-12-9-16-15-7-4-5-8-17(15)26(19(16)20(22)25)18(13-22)21-24-23-14(2)27-21;1-2-21-9-5-10-24-11-8-14-13-6-3-4-7-15(13)25(17(14)18(21)24)16(12-21)19-22-23-20(26)27-19;1-2-21-9-5-10-24-11-8-15-14-6-3-4-7-16(14)25(18(15)19(21)24)17(12-21)20-23-22-13-26-20;1-2-21-9-5-10-23-11-8-15-14-6-3-4-7-16(14)24(19(15)20(21)23)17(12-21)18(25)13-22;1-2-20-9-5-10-21-11-8-14-13-6-3-4-7-15(13)22(17(14)18(20)21)16(12-20)19(23)24;1-5-4(6-2)7-3;1-2;;1-2/h4-5,7-8,13,20H,3,6,9-12H2,1-2H3;3-4,6-7,12,18H,2,5,8-11H2,1H3,(H,23,26);3-4,6-7,12-13,19H,2,5,8-11H2,1H3;3-4,6-7,12,20H,2,5,8-11,13,22H2,1H3;3-4,6-7,12,18H,2,5,8-11H2,1H3,(H,23,24);4H,1-3H3;1H3;1H;1-2H2/t20-,22+;18-,21+;19-,21+;20-,21+;18-,20+;;;;/m11111..../s1/i;;;;;;1D;;. The summed E-state index contributed by atoms with van der Waals surface area (Å²) in [6.07, 6.45) is 35.8. The summed E-state index contributed by atoms with van der Waals surface area (Å²) in [7, 11) is 4.53. The number of halogens is 2. The van der Waals surface area contributed by atoms with Crippen LogP contribution in [0.2, 0.25) is 0 Å². The number of aliphatic carboxylic acids is 1. The van der Waals surface area contributed by atoms with Gasteiger partial charge in [0, 0.05) is 145 Å². The number of aromatic nitrogens is 11. The number of aryl methyl sites for hydroxylation is 1. The molecule has 0 spiro atoms. The zero-order chi connectivity index (χ0) is 97.7. The van der Waals surface area contributed by atoms with Gasteiger partial charge in [0.25, 0.3) is 24.1 Å². The van der Waals surface area contributed by atoms with Crippen molar-refractivity contribution in [1.29, 1.82) is 0 Å². The number of rotatable bonds is 14. The number of nitrogens with two attached hydrogens (primary N) is 3. The highest BCUT2D eigenvalue weighted by Gasteiger charge is 2.58. The van der Waals surface area contributed by atoms with Crippen LogP contribution in [0.3, 0.4) is 0 Å². The summed E-state index contributed by atoms with van der Waals surface area (Å²) in [5.41, 5.74) is 30.7. The fourth-order valence-electron chi connectivity index (χ4n) is 28.6. The molecule has 5 saturated heterocycles. The number of H-pyrrole nitrogens is 1. The van der Waals surface area contributed by atoms with Crippen molar-refractivity contribution in [3.63, 3.8) is 0 Å². The van der Waals surface area contributed by atoms with Gasteiger partial charge in [-0.25, -0.2) is 14.7 Å². The van der Waals surface area contributed by atoms with Crippen LogP contribution in [0.1, 0.15) is 242 Å². The zero-order valence-corrected chi connectivity index (χ0v) is 85.4. The summed E-state index contributed by atoms with van der Waals surface area (Å²) in [6.45, 7) is 24.4. The SMILES string of the molecule is CC[C@@]12C=C(C(=O)CN)n3c4c(c5ccccc53)CCN(CCC1)[C@H]42.CC[C@@]12C=C(C(=O)O)n3c4c(c5ccccc53)CCN(CCC1)[C@H]42.CC[C@@]12C=C(c3n[nH]c(=O)o3)n3c4c(c5ccccc53)CCN(CCC1)[C@H]42.CC[C@@]12C=C(c3nnc(C)o3)n3c4c(c5ccccc53)CCN(CCC1)[C@H]42.CC[C@@]12C=C(c3nnco3)n3c4c(c5ccccc53)CCN(CCC1)[C@H]42.COC(OC)OC.Cl.NN.[2H]CI. The molecule has 141 heavy (non-hydrogen) atoms.